The maximum Gasteiger partial charge on any atom is 0.306 e. The Kier molecular flexibility index (Phi) is 4.46. The summed E-state index contributed by atoms with van der Waals surface area (Å²) in [6.45, 7) is 4.39. The summed E-state index contributed by atoms with van der Waals surface area (Å²) >= 11 is 0. The van der Waals surface area contributed by atoms with E-state index in [0.717, 1.165) is 25.7 Å². The maximum absolute atomic E-state index is 10.9. The predicted molar refractivity (Wildman–Crippen MR) is 77.5 cm³/mol. The van der Waals surface area contributed by atoms with Crippen molar-refractivity contribution < 1.29 is 9.90 Å². The Balaban J connectivity index is 1.98. The maximum atomic E-state index is 10.9. The molecule has 1 aliphatic rings. The van der Waals surface area contributed by atoms with Gasteiger partial charge in [0.1, 0.15) is 0 Å². The van der Waals surface area contributed by atoms with Crippen molar-refractivity contribution in [1.82, 2.24) is 0 Å². The van der Waals surface area contributed by atoms with Crippen molar-refractivity contribution >= 4 is 11.7 Å². The molecule has 0 amide bonds. The van der Waals surface area contributed by atoms with E-state index in [-0.39, 0.29) is 5.92 Å². The molecule has 1 aliphatic carbocycles. The van der Waals surface area contributed by atoms with Gasteiger partial charge in [-0.1, -0.05) is 32.0 Å². The highest BCUT2D eigenvalue weighted by Gasteiger charge is 2.26. The van der Waals surface area contributed by atoms with Crippen molar-refractivity contribution in [3.8, 4) is 0 Å². The van der Waals surface area contributed by atoms with E-state index < -0.39 is 5.97 Å². The van der Waals surface area contributed by atoms with E-state index >= 15 is 0 Å². The fraction of sp³-hybridized carbons (Fsp3) is 0.562. The Hall–Kier alpha value is -1.51. The molecule has 0 aromatic heterocycles. The number of carboxylic acid groups (broad SMARTS) is 1. The van der Waals surface area contributed by atoms with Crippen LogP contribution in [-0.2, 0) is 4.79 Å². The van der Waals surface area contributed by atoms with Gasteiger partial charge >= 0.3 is 5.97 Å². The highest BCUT2D eigenvalue weighted by Crippen LogP contribution is 2.30. The molecule has 0 aliphatic heterocycles. The predicted octanol–water partition coefficient (Wildman–Crippen LogP) is 3.87. The van der Waals surface area contributed by atoms with Gasteiger partial charge in [-0.05, 0) is 43.2 Å². The Bertz CT molecular complexity index is 434. The summed E-state index contributed by atoms with van der Waals surface area (Å²) in [6.07, 6.45) is 3.47. The third kappa shape index (κ3) is 3.49. The summed E-state index contributed by atoms with van der Waals surface area (Å²) in [7, 11) is 0. The number of anilines is 1. The first kappa shape index (κ1) is 13.9. The summed E-state index contributed by atoms with van der Waals surface area (Å²) in [5.74, 6) is -0.279. The van der Waals surface area contributed by atoms with Crippen LogP contribution in [0, 0.1) is 5.92 Å². The van der Waals surface area contributed by atoms with E-state index in [9.17, 15) is 4.79 Å². The quantitative estimate of drug-likeness (QED) is 0.865. The number of carbonyl (C=O) groups is 1. The van der Waals surface area contributed by atoms with E-state index in [1.807, 2.05) is 0 Å². The van der Waals surface area contributed by atoms with E-state index in [4.69, 9.17) is 5.11 Å². The third-order valence-electron chi connectivity index (χ3n) is 4.02. The summed E-state index contributed by atoms with van der Waals surface area (Å²) in [5, 5.41) is 12.6. The van der Waals surface area contributed by atoms with Crippen LogP contribution in [0.15, 0.2) is 24.3 Å². The fourth-order valence-corrected chi connectivity index (χ4v) is 2.84. The van der Waals surface area contributed by atoms with Gasteiger partial charge in [-0.2, -0.15) is 0 Å². The smallest absolute Gasteiger partial charge is 0.306 e. The highest BCUT2D eigenvalue weighted by molar-refractivity contribution is 5.70. The van der Waals surface area contributed by atoms with Crippen LogP contribution in [0.4, 0.5) is 5.69 Å². The Morgan fingerprint density at radius 1 is 1.21 bits per heavy atom. The van der Waals surface area contributed by atoms with E-state index in [0.29, 0.717) is 12.0 Å². The second-order valence-corrected chi connectivity index (χ2v) is 5.77. The minimum atomic E-state index is -0.638. The fourth-order valence-electron chi connectivity index (χ4n) is 2.84. The molecule has 3 nitrogen and oxygen atoms in total. The molecular formula is C16H23NO2. The van der Waals surface area contributed by atoms with Crippen molar-refractivity contribution in [3.05, 3.63) is 29.8 Å². The van der Waals surface area contributed by atoms with Gasteiger partial charge in [0.25, 0.3) is 0 Å². The van der Waals surface area contributed by atoms with Crippen molar-refractivity contribution in [2.24, 2.45) is 5.92 Å². The Morgan fingerprint density at radius 3 is 2.42 bits per heavy atom. The molecule has 1 aromatic carbocycles. The Labute approximate surface area is 115 Å². The first-order valence-corrected chi connectivity index (χ1v) is 7.16. The minimum Gasteiger partial charge on any atom is -0.481 e. The molecule has 1 aromatic rings. The summed E-state index contributed by atoms with van der Waals surface area (Å²) in [4.78, 5) is 10.9. The molecular weight excluding hydrogens is 238 g/mol. The number of para-hydroxylation sites is 1. The topological polar surface area (TPSA) is 49.3 Å². The standard InChI is InChI=1S/C16H23NO2/c1-11(2)14-5-3-4-6-15(14)17-13-9-7-12(8-10-13)16(18)19/h3-6,11-13,17H,7-10H2,1-2H3,(H,18,19). The summed E-state index contributed by atoms with van der Waals surface area (Å²) in [6, 6.07) is 8.82. The van der Waals surface area contributed by atoms with Crippen LogP contribution in [0.1, 0.15) is 51.0 Å². The molecule has 19 heavy (non-hydrogen) atoms. The lowest BCUT2D eigenvalue weighted by atomic mass is 9.86. The molecule has 104 valence electrons. The second-order valence-electron chi connectivity index (χ2n) is 5.77. The zero-order valence-electron chi connectivity index (χ0n) is 11.7. The molecule has 3 heteroatoms. The van der Waals surface area contributed by atoms with Crippen molar-refractivity contribution in [1.29, 1.82) is 0 Å². The van der Waals surface area contributed by atoms with Gasteiger partial charge in [-0.15, -0.1) is 0 Å². The van der Waals surface area contributed by atoms with Gasteiger partial charge in [0.2, 0.25) is 0 Å². The van der Waals surface area contributed by atoms with E-state index in [1.165, 1.54) is 11.3 Å². The number of carboxylic acids is 1. The van der Waals surface area contributed by atoms with Crippen LogP contribution in [0.2, 0.25) is 0 Å². The number of nitrogens with one attached hydrogen (secondary N) is 1. The first-order chi connectivity index (χ1) is 9.08. The number of aliphatic carboxylic acids is 1. The number of hydrogen-bond acceptors (Lipinski definition) is 2. The third-order valence-corrected chi connectivity index (χ3v) is 4.02. The number of hydrogen-bond donors (Lipinski definition) is 2. The monoisotopic (exact) mass is 261 g/mol. The molecule has 0 saturated heterocycles. The number of rotatable bonds is 4. The van der Waals surface area contributed by atoms with Crippen molar-refractivity contribution in [3.63, 3.8) is 0 Å². The Morgan fingerprint density at radius 2 is 1.84 bits per heavy atom. The lowest BCUT2D eigenvalue weighted by Gasteiger charge is -2.29. The summed E-state index contributed by atoms with van der Waals surface area (Å²) in [5.41, 5.74) is 2.54. The average Bonchev–Trinajstić information content (AvgIpc) is 2.39. The molecule has 1 saturated carbocycles. The molecule has 0 spiro atoms. The lowest BCUT2D eigenvalue weighted by molar-refractivity contribution is -0.142. The van der Waals surface area contributed by atoms with Gasteiger partial charge < -0.3 is 10.4 Å². The van der Waals surface area contributed by atoms with Crippen LogP contribution in [0.25, 0.3) is 0 Å². The van der Waals surface area contributed by atoms with Crippen LogP contribution in [0.5, 0.6) is 0 Å². The van der Waals surface area contributed by atoms with Crippen LogP contribution >= 0.6 is 0 Å². The molecule has 0 heterocycles. The van der Waals surface area contributed by atoms with Crippen LogP contribution in [0.3, 0.4) is 0 Å². The molecule has 2 N–H and O–H groups in total. The van der Waals surface area contributed by atoms with E-state index in [2.05, 4.69) is 43.4 Å². The van der Waals surface area contributed by atoms with Gasteiger partial charge in [0.15, 0.2) is 0 Å². The zero-order valence-corrected chi connectivity index (χ0v) is 11.7. The molecule has 0 unspecified atom stereocenters. The molecule has 1 fully saturated rings. The van der Waals surface area contributed by atoms with Crippen LogP contribution < -0.4 is 5.32 Å². The second kappa shape index (κ2) is 6.09. The SMILES string of the molecule is CC(C)c1ccccc1NC1CCC(C(=O)O)CC1. The highest BCUT2D eigenvalue weighted by atomic mass is 16.4. The largest absolute Gasteiger partial charge is 0.481 e. The van der Waals surface area contributed by atoms with Crippen molar-refractivity contribution in [2.75, 3.05) is 5.32 Å². The van der Waals surface area contributed by atoms with Gasteiger partial charge in [0.05, 0.1) is 5.92 Å². The van der Waals surface area contributed by atoms with E-state index in [1.54, 1.807) is 0 Å². The average molecular weight is 261 g/mol. The molecule has 0 radical (unpaired) electrons. The van der Waals surface area contributed by atoms with Gasteiger partial charge in [0, 0.05) is 11.7 Å². The first-order valence-electron chi connectivity index (χ1n) is 7.16. The van der Waals surface area contributed by atoms with Gasteiger partial charge in [-0.25, -0.2) is 0 Å². The number of benzene rings is 1. The molecule has 0 bridgehead atoms. The lowest BCUT2D eigenvalue weighted by Crippen LogP contribution is -2.29. The van der Waals surface area contributed by atoms with Crippen LogP contribution in [-0.4, -0.2) is 17.1 Å². The van der Waals surface area contributed by atoms with Gasteiger partial charge in [-0.3, -0.25) is 4.79 Å². The normalized spacial score (nSPS) is 23.3. The zero-order chi connectivity index (χ0) is 13.8. The molecule has 0 atom stereocenters. The molecule has 2 rings (SSSR count). The summed E-state index contributed by atoms with van der Waals surface area (Å²) < 4.78 is 0. The van der Waals surface area contributed by atoms with Crippen molar-refractivity contribution in [2.45, 2.75) is 51.5 Å². The minimum absolute atomic E-state index is 0.140.